The molecular formula is C20H23N3O3S. The maximum atomic E-state index is 12.9. The normalized spacial score (nSPS) is 16.8. The predicted octanol–water partition coefficient (Wildman–Crippen LogP) is 2.90. The topological polar surface area (TPSA) is 66.7 Å². The minimum absolute atomic E-state index is 0.371. The van der Waals surface area contributed by atoms with Gasteiger partial charge in [-0.15, -0.1) is 0 Å². The fourth-order valence-corrected chi connectivity index (χ4v) is 4.86. The summed E-state index contributed by atoms with van der Waals surface area (Å²) < 4.78 is 32.7. The van der Waals surface area contributed by atoms with E-state index in [9.17, 15) is 8.42 Å². The Kier molecular flexibility index (Phi) is 4.99. The Labute approximate surface area is 159 Å². The van der Waals surface area contributed by atoms with Crippen molar-refractivity contribution in [3.8, 4) is 0 Å². The number of aromatic nitrogens is 1. The molecule has 0 N–H and O–H groups in total. The predicted molar refractivity (Wildman–Crippen MR) is 104 cm³/mol. The van der Waals surface area contributed by atoms with Gasteiger partial charge in [-0.1, -0.05) is 36.3 Å². The summed E-state index contributed by atoms with van der Waals surface area (Å²) in [6.07, 6.45) is 0.899. The molecule has 0 bridgehead atoms. The maximum Gasteiger partial charge on any atom is 0.243 e. The van der Waals surface area contributed by atoms with Crippen molar-refractivity contribution < 1.29 is 12.9 Å². The van der Waals surface area contributed by atoms with E-state index in [2.05, 4.69) is 17.0 Å². The zero-order valence-corrected chi connectivity index (χ0v) is 16.2. The molecule has 2 aromatic carbocycles. The first-order chi connectivity index (χ1) is 13.1. The van der Waals surface area contributed by atoms with Gasteiger partial charge in [-0.05, 0) is 36.2 Å². The number of fused-ring (bicyclic) bond motifs is 1. The van der Waals surface area contributed by atoms with E-state index in [4.69, 9.17) is 4.52 Å². The molecule has 0 spiro atoms. The van der Waals surface area contributed by atoms with Crippen LogP contribution in [-0.4, -0.2) is 49.0 Å². The number of aryl methyl sites for hydroxylation is 1. The number of para-hydroxylation sites is 1. The van der Waals surface area contributed by atoms with E-state index in [1.165, 1.54) is 0 Å². The van der Waals surface area contributed by atoms with E-state index in [0.29, 0.717) is 37.6 Å². The van der Waals surface area contributed by atoms with Gasteiger partial charge >= 0.3 is 0 Å². The molecule has 1 aliphatic rings. The summed E-state index contributed by atoms with van der Waals surface area (Å²) in [6, 6.07) is 15.0. The van der Waals surface area contributed by atoms with E-state index in [1.54, 1.807) is 16.4 Å². The molecule has 0 atom stereocenters. The summed E-state index contributed by atoms with van der Waals surface area (Å²) in [5, 5.41) is 5.19. The van der Waals surface area contributed by atoms with Crippen LogP contribution in [0.15, 0.2) is 57.9 Å². The fourth-order valence-electron chi connectivity index (χ4n) is 3.44. The molecule has 0 saturated carbocycles. The van der Waals surface area contributed by atoms with Crippen molar-refractivity contribution in [2.45, 2.75) is 24.8 Å². The number of piperazine rings is 1. The molecule has 1 fully saturated rings. The zero-order chi connectivity index (χ0) is 18.9. The van der Waals surface area contributed by atoms with E-state index >= 15 is 0 Å². The molecule has 0 unspecified atom stereocenters. The second kappa shape index (κ2) is 7.42. The van der Waals surface area contributed by atoms with Crippen molar-refractivity contribution in [3.63, 3.8) is 0 Å². The summed E-state index contributed by atoms with van der Waals surface area (Å²) in [4.78, 5) is 2.59. The van der Waals surface area contributed by atoms with Crippen LogP contribution in [0.25, 0.3) is 11.0 Å². The highest BCUT2D eigenvalue weighted by molar-refractivity contribution is 7.89. The van der Waals surface area contributed by atoms with E-state index < -0.39 is 10.0 Å². The summed E-state index contributed by atoms with van der Waals surface area (Å²) in [7, 11) is -3.43. The Morgan fingerprint density at radius 1 is 1.00 bits per heavy atom. The van der Waals surface area contributed by atoms with Gasteiger partial charge in [0.15, 0.2) is 5.58 Å². The fraction of sp³-hybridized carbons (Fsp3) is 0.350. The lowest BCUT2D eigenvalue weighted by atomic mass is 10.2. The van der Waals surface area contributed by atoms with Crippen molar-refractivity contribution in [3.05, 3.63) is 59.8 Å². The van der Waals surface area contributed by atoms with Gasteiger partial charge in [-0.25, -0.2) is 8.42 Å². The van der Waals surface area contributed by atoms with E-state index in [0.717, 1.165) is 28.6 Å². The highest BCUT2D eigenvalue weighted by atomic mass is 32.2. The Balaban J connectivity index is 1.42. The molecule has 2 heterocycles. The first-order valence-electron chi connectivity index (χ1n) is 9.22. The van der Waals surface area contributed by atoms with Gasteiger partial charge < -0.3 is 4.52 Å². The quantitative estimate of drug-likeness (QED) is 0.676. The molecule has 0 radical (unpaired) electrons. The number of sulfonamides is 1. The van der Waals surface area contributed by atoms with Crippen molar-refractivity contribution in [1.29, 1.82) is 0 Å². The van der Waals surface area contributed by atoms with Crippen molar-refractivity contribution in [2.24, 2.45) is 0 Å². The molecular weight excluding hydrogens is 362 g/mol. The average molecular weight is 385 g/mol. The van der Waals surface area contributed by atoms with Crippen LogP contribution in [0.4, 0.5) is 0 Å². The number of benzene rings is 2. The van der Waals surface area contributed by atoms with Crippen molar-refractivity contribution >= 4 is 21.0 Å². The van der Waals surface area contributed by atoms with Crippen LogP contribution in [0.5, 0.6) is 0 Å². The van der Waals surface area contributed by atoms with E-state index in [1.807, 2.05) is 36.4 Å². The Bertz CT molecular complexity index is 1020. The molecule has 7 heteroatoms. The highest BCUT2D eigenvalue weighted by Gasteiger charge is 2.28. The summed E-state index contributed by atoms with van der Waals surface area (Å²) >= 11 is 0. The lowest BCUT2D eigenvalue weighted by Gasteiger charge is -2.33. The van der Waals surface area contributed by atoms with Crippen LogP contribution in [0, 0.1) is 0 Å². The lowest BCUT2D eigenvalue weighted by Crippen LogP contribution is -2.48. The average Bonchev–Trinajstić information content (AvgIpc) is 3.11. The Morgan fingerprint density at radius 3 is 2.41 bits per heavy atom. The number of hydrogen-bond acceptors (Lipinski definition) is 5. The van der Waals surface area contributed by atoms with Gasteiger partial charge in [-0.3, -0.25) is 4.90 Å². The molecule has 4 rings (SSSR count). The van der Waals surface area contributed by atoms with Crippen LogP contribution >= 0.6 is 0 Å². The van der Waals surface area contributed by atoms with Crippen molar-refractivity contribution in [1.82, 2.24) is 14.4 Å². The number of nitrogens with zero attached hydrogens (tertiary/aromatic N) is 3. The molecule has 1 saturated heterocycles. The Hall–Kier alpha value is -2.22. The molecule has 27 heavy (non-hydrogen) atoms. The lowest BCUT2D eigenvalue weighted by molar-refractivity contribution is 0.178. The van der Waals surface area contributed by atoms with Crippen LogP contribution in [-0.2, 0) is 23.0 Å². The van der Waals surface area contributed by atoms with Crippen LogP contribution in [0.3, 0.4) is 0 Å². The first-order valence-corrected chi connectivity index (χ1v) is 10.7. The molecule has 142 valence electrons. The Morgan fingerprint density at radius 2 is 1.70 bits per heavy atom. The van der Waals surface area contributed by atoms with Crippen molar-refractivity contribution in [2.75, 3.05) is 26.2 Å². The second-order valence-electron chi connectivity index (χ2n) is 6.80. The third kappa shape index (κ3) is 3.63. The van der Waals surface area contributed by atoms with Gasteiger partial charge in [-0.2, -0.15) is 4.31 Å². The standard InChI is InChI=1S/C20H23N3O3S/c1-2-16-7-9-17(10-8-16)27(24,25)23-13-11-22(12-14-23)15-19-18-5-3-4-6-20(18)26-21-19/h3-10H,2,11-15H2,1H3. The molecule has 6 nitrogen and oxygen atoms in total. The molecule has 0 aliphatic carbocycles. The van der Waals surface area contributed by atoms with Crippen LogP contribution in [0.2, 0.25) is 0 Å². The number of hydrogen-bond donors (Lipinski definition) is 0. The minimum Gasteiger partial charge on any atom is -0.356 e. The third-order valence-corrected chi connectivity index (χ3v) is 7.04. The number of rotatable bonds is 5. The van der Waals surface area contributed by atoms with Gasteiger partial charge in [0.1, 0.15) is 5.69 Å². The van der Waals surface area contributed by atoms with Crippen LogP contribution < -0.4 is 0 Å². The largest absolute Gasteiger partial charge is 0.356 e. The highest BCUT2D eigenvalue weighted by Crippen LogP contribution is 2.22. The SMILES string of the molecule is CCc1ccc(S(=O)(=O)N2CCN(Cc3noc4ccccc34)CC2)cc1. The minimum atomic E-state index is -3.43. The maximum absolute atomic E-state index is 12.9. The van der Waals surface area contributed by atoms with Gasteiger partial charge in [0.2, 0.25) is 10.0 Å². The molecule has 0 amide bonds. The smallest absolute Gasteiger partial charge is 0.243 e. The third-order valence-electron chi connectivity index (χ3n) is 5.13. The summed E-state index contributed by atoms with van der Waals surface area (Å²) in [5.74, 6) is 0. The van der Waals surface area contributed by atoms with Crippen LogP contribution in [0.1, 0.15) is 18.2 Å². The van der Waals surface area contributed by atoms with Gasteiger partial charge in [0.25, 0.3) is 0 Å². The molecule has 3 aromatic rings. The summed E-state index contributed by atoms with van der Waals surface area (Å²) in [6.45, 7) is 5.03. The molecule has 1 aliphatic heterocycles. The monoisotopic (exact) mass is 385 g/mol. The zero-order valence-electron chi connectivity index (χ0n) is 15.3. The van der Waals surface area contributed by atoms with E-state index in [-0.39, 0.29) is 0 Å². The first kappa shape index (κ1) is 18.2. The summed E-state index contributed by atoms with van der Waals surface area (Å²) in [5.41, 5.74) is 2.82. The van der Waals surface area contributed by atoms with Gasteiger partial charge in [0.05, 0.1) is 4.90 Å². The molecule has 1 aromatic heterocycles. The van der Waals surface area contributed by atoms with Gasteiger partial charge in [0, 0.05) is 38.1 Å². The second-order valence-corrected chi connectivity index (χ2v) is 8.74.